The van der Waals surface area contributed by atoms with Crippen molar-refractivity contribution in [1.29, 1.82) is 0 Å². The van der Waals surface area contributed by atoms with E-state index in [1.165, 1.54) is 12.1 Å². The molecule has 0 amide bonds. The summed E-state index contributed by atoms with van der Waals surface area (Å²) in [6, 6.07) is 2.91. The highest BCUT2D eigenvalue weighted by atomic mass is 35.5. The number of aromatic nitrogens is 1. The van der Waals surface area contributed by atoms with Gasteiger partial charge in [0.05, 0.1) is 18.2 Å². The Balaban J connectivity index is 2.77. The fraction of sp³-hybridized carbons (Fsp3) is 0.235. The molecule has 138 valence electrons. The number of nitrogens with one attached hydrogen (secondary N) is 1. The van der Waals surface area contributed by atoms with E-state index in [1.54, 1.807) is 13.8 Å². The van der Waals surface area contributed by atoms with Gasteiger partial charge in [0.2, 0.25) is 0 Å². The van der Waals surface area contributed by atoms with E-state index in [4.69, 9.17) is 32.7 Å². The number of ether oxygens (including phenoxy) is 2. The molecular weight excluding hydrogens is 385 g/mol. The molecule has 0 aliphatic carbocycles. The molecular formula is C17H15Cl2NO6. The molecule has 0 atom stereocenters. The summed E-state index contributed by atoms with van der Waals surface area (Å²) in [6.45, 7) is 3.22. The van der Waals surface area contributed by atoms with Crippen molar-refractivity contribution in [2.24, 2.45) is 0 Å². The monoisotopic (exact) mass is 399 g/mol. The lowest BCUT2D eigenvalue weighted by atomic mass is 10.1. The number of rotatable bonds is 6. The topological polar surface area (TPSA) is 106 Å². The van der Waals surface area contributed by atoms with E-state index < -0.39 is 23.5 Å². The van der Waals surface area contributed by atoms with E-state index in [0.29, 0.717) is 15.9 Å². The second-order valence-electron chi connectivity index (χ2n) is 5.03. The molecule has 0 fully saturated rings. The third kappa shape index (κ3) is 4.00. The van der Waals surface area contributed by atoms with Crippen molar-refractivity contribution in [2.45, 2.75) is 13.8 Å². The first-order valence-electron chi connectivity index (χ1n) is 7.60. The molecule has 0 saturated heterocycles. The van der Waals surface area contributed by atoms with Crippen molar-refractivity contribution in [2.75, 3.05) is 13.2 Å². The van der Waals surface area contributed by atoms with Crippen LogP contribution in [-0.4, -0.2) is 41.2 Å². The lowest BCUT2D eigenvalue weighted by Gasteiger charge is -2.07. The molecule has 1 aromatic carbocycles. The van der Waals surface area contributed by atoms with E-state index in [9.17, 15) is 19.5 Å². The van der Waals surface area contributed by atoms with E-state index >= 15 is 0 Å². The number of esters is 2. The maximum Gasteiger partial charge on any atom is 0.352 e. The van der Waals surface area contributed by atoms with Gasteiger partial charge >= 0.3 is 17.9 Å². The molecule has 2 N–H and O–H groups in total. The zero-order valence-electron chi connectivity index (χ0n) is 13.9. The predicted molar refractivity (Wildman–Crippen MR) is 96.5 cm³/mol. The number of carbonyl (C=O) groups is 3. The number of carbonyl (C=O) groups excluding carboxylic acids is 2. The molecule has 1 heterocycles. The Kier molecular flexibility index (Phi) is 6.28. The lowest BCUT2D eigenvalue weighted by molar-refractivity contribution is -0.146. The summed E-state index contributed by atoms with van der Waals surface area (Å²) in [7, 11) is 0. The number of hydrogen-bond donors (Lipinski definition) is 2. The average Bonchev–Trinajstić information content (AvgIpc) is 2.91. The second kappa shape index (κ2) is 8.25. The molecule has 1 aromatic heterocycles. The van der Waals surface area contributed by atoms with Crippen LogP contribution in [0.3, 0.4) is 0 Å². The molecule has 0 unspecified atom stereocenters. The maximum absolute atomic E-state index is 12.1. The van der Waals surface area contributed by atoms with Crippen LogP contribution >= 0.6 is 23.2 Å². The minimum atomic E-state index is -1.30. The molecule has 2 aromatic rings. The zero-order valence-corrected chi connectivity index (χ0v) is 15.4. The first-order chi connectivity index (χ1) is 12.3. The Hall–Kier alpha value is -2.51. The average molecular weight is 400 g/mol. The number of halogens is 2. The van der Waals surface area contributed by atoms with Crippen molar-refractivity contribution in [3.05, 3.63) is 39.0 Å². The van der Waals surface area contributed by atoms with E-state index in [1.807, 2.05) is 0 Å². The van der Waals surface area contributed by atoms with E-state index in [0.717, 1.165) is 6.08 Å². The minimum absolute atomic E-state index is 0.0333. The summed E-state index contributed by atoms with van der Waals surface area (Å²) < 4.78 is 9.72. The largest absolute Gasteiger partial charge is 0.477 e. The quantitative estimate of drug-likeness (QED) is 0.332. The number of benzene rings is 1. The van der Waals surface area contributed by atoms with E-state index in [2.05, 4.69) is 4.98 Å². The number of fused-ring (bicyclic) bond motifs is 1. The van der Waals surface area contributed by atoms with Gasteiger partial charge < -0.3 is 19.6 Å². The number of aromatic amines is 1. The molecule has 7 nitrogen and oxygen atoms in total. The number of H-pyrrole nitrogens is 1. The molecule has 0 radical (unpaired) electrons. The Morgan fingerprint density at radius 3 is 2.19 bits per heavy atom. The van der Waals surface area contributed by atoms with Crippen LogP contribution in [0.25, 0.3) is 17.0 Å². The van der Waals surface area contributed by atoms with Crippen LogP contribution < -0.4 is 0 Å². The summed E-state index contributed by atoms with van der Waals surface area (Å²) in [5.74, 6) is -3.16. The molecule has 26 heavy (non-hydrogen) atoms. The van der Waals surface area contributed by atoms with Gasteiger partial charge in [-0.15, -0.1) is 0 Å². The van der Waals surface area contributed by atoms with Crippen LogP contribution in [0.4, 0.5) is 0 Å². The van der Waals surface area contributed by atoms with Crippen LogP contribution in [0.2, 0.25) is 10.0 Å². The highest BCUT2D eigenvalue weighted by molar-refractivity contribution is 6.39. The standard InChI is InChI=1S/C17H15Cl2NO6/c1-3-25-16(23)10(17(24)26-4-2)7-9-13-11(19)5-8(18)6-12(13)20-14(9)15(21)22/h5-7,20H,3-4H2,1-2H3,(H,21,22). The van der Waals surface area contributed by atoms with Crippen molar-refractivity contribution >= 4 is 58.1 Å². The van der Waals surface area contributed by atoms with Gasteiger partial charge in [-0.05, 0) is 32.1 Å². The molecule has 0 bridgehead atoms. The van der Waals surface area contributed by atoms with Gasteiger partial charge in [0.1, 0.15) is 11.3 Å². The van der Waals surface area contributed by atoms with E-state index in [-0.39, 0.29) is 29.5 Å². The summed E-state index contributed by atoms with van der Waals surface area (Å²) in [4.78, 5) is 38.5. The van der Waals surface area contributed by atoms with Gasteiger partial charge in [0, 0.05) is 21.5 Å². The normalized spacial score (nSPS) is 10.5. The highest BCUT2D eigenvalue weighted by Crippen LogP contribution is 2.34. The summed E-state index contributed by atoms with van der Waals surface area (Å²) in [6.07, 6.45) is 1.10. The molecule has 0 spiro atoms. The first kappa shape index (κ1) is 19.8. The minimum Gasteiger partial charge on any atom is -0.477 e. The van der Waals surface area contributed by atoms with Gasteiger partial charge in [-0.25, -0.2) is 14.4 Å². The third-order valence-corrected chi connectivity index (χ3v) is 3.86. The molecule has 0 saturated carbocycles. The summed E-state index contributed by atoms with van der Waals surface area (Å²) in [5.41, 5.74) is -0.304. The highest BCUT2D eigenvalue weighted by Gasteiger charge is 2.25. The van der Waals surface area contributed by atoms with Crippen LogP contribution in [-0.2, 0) is 19.1 Å². The van der Waals surface area contributed by atoms with Crippen molar-refractivity contribution in [3.8, 4) is 0 Å². The van der Waals surface area contributed by atoms with Crippen LogP contribution in [0.5, 0.6) is 0 Å². The number of aromatic carboxylic acids is 1. The van der Waals surface area contributed by atoms with Crippen molar-refractivity contribution < 1.29 is 29.0 Å². The maximum atomic E-state index is 12.1. The Morgan fingerprint density at radius 1 is 1.12 bits per heavy atom. The van der Waals surface area contributed by atoms with Gasteiger partial charge in [0.25, 0.3) is 0 Å². The van der Waals surface area contributed by atoms with Crippen molar-refractivity contribution in [3.63, 3.8) is 0 Å². The first-order valence-corrected chi connectivity index (χ1v) is 8.35. The lowest BCUT2D eigenvalue weighted by Crippen LogP contribution is -2.18. The second-order valence-corrected chi connectivity index (χ2v) is 5.87. The van der Waals surface area contributed by atoms with Gasteiger partial charge in [-0.3, -0.25) is 0 Å². The van der Waals surface area contributed by atoms with Crippen molar-refractivity contribution in [1.82, 2.24) is 4.98 Å². The third-order valence-electron chi connectivity index (χ3n) is 3.35. The Labute approximate surface area is 158 Å². The Morgan fingerprint density at radius 2 is 1.69 bits per heavy atom. The molecule has 0 aliphatic heterocycles. The molecule has 2 rings (SSSR count). The summed E-state index contributed by atoms with van der Waals surface area (Å²) >= 11 is 12.1. The molecule has 0 aliphatic rings. The number of carboxylic acid groups (broad SMARTS) is 1. The van der Waals surface area contributed by atoms with Crippen LogP contribution in [0.1, 0.15) is 29.9 Å². The zero-order chi connectivity index (χ0) is 19.4. The fourth-order valence-electron chi connectivity index (χ4n) is 2.35. The molecule has 9 heteroatoms. The number of carboxylic acids is 1. The Bertz CT molecular complexity index is 896. The van der Waals surface area contributed by atoms with Crippen LogP contribution in [0.15, 0.2) is 17.7 Å². The van der Waals surface area contributed by atoms with Gasteiger partial charge in [-0.2, -0.15) is 0 Å². The summed E-state index contributed by atoms with van der Waals surface area (Å²) in [5, 5.41) is 10.2. The van der Waals surface area contributed by atoms with Crippen LogP contribution in [0, 0.1) is 0 Å². The fourth-order valence-corrected chi connectivity index (χ4v) is 2.94. The smallest absolute Gasteiger partial charge is 0.352 e. The number of hydrogen-bond acceptors (Lipinski definition) is 5. The SMILES string of the molecule is CCOC(=O)C(=Cc1c(C(=O)O)[nH]c2cc(Cl)cc(Cl)c12)C(=O)OCC. The van der Waals surface area contributed by atoms with Gasteiger partial charge in [-0.1, -0.05) is 23.2 Å². The van der Waals surface area contributed by atoms with Gasteiger partial charge in [0.15, 0.2) is 0 Å². The predicted octanol–water partition coefficient (Wildman–Crippen LogP) is 3.68.